The molecule has 1 aromatic heterocycles. The highest BCUT2D eigenvalue weighted by molar-refractivity contribution is 7.99. The van der Waals surface area contributed by atoms with Gasteiger partial charge in [-0.25, -0.2) is 4.39 Å². The highest BCUT2D eigenvalue weighted by Crippen LogP contribution is 2.24. The average molecular weight is 425 g/mol. The van der Waals surface area contributed by atoms with E-state index in [4.69, 9.17) is 0 Å². The number of allylic oxidation sites excluding steroid dienone is 1. The maximum Gasteiger partial charge on any atom is 0.233 e. The number of halogens is 1. The number of nitrogens with zero attached hydrogens (tertiary/aromatic N) is 4. The van der Waals surface area contributed by atoms with Crippen molar-refractivity contribution in [1.29, 1.82) is 0 Å². The first-order chi connectivity index (χ1) is 14.5. The summed E-state index contributed by atoms with van der Waals surface area (Å²) in [5, 5.41) is 9.10. The molecule has 0 aliphatic heterocycles. The zero-order valence-corrected chi connectivity index (χ0v) is 18.0. The Morgan fingerprint density at radius 3 is 2.43 bits per heavy atom. The van der Waals surface area contributed by atoms with E-state index in [0.29, 0.717) is 24.1 Å². The van der Waals surface area contributed by atoms with E-state index >= 15 is 0 Å². The monoisotopic (exact) mass is 424 g/mol. The molecule has 0 aliphatic carbocycles. The number of hydrogen-bond acceptors (Lipinski definition) is 4. The van der Waals surface area contributed by atoms with Crippen LogP contribution in [0.5, 0.6) is 0 Å². The van der Waals surface area contributed by atoms with Crippen LogP contribution >= 0.6 is 11.8 Å². The summed E-state index contributed by atoms with van der Waals surface area (Å²) in [7, 11) is 1.80. The molecule has 2 aromatic carbocycles. The molecule has 3 rings (SSSR count). The fourth-order valence-corrected chi connectivity index (χ4v) is 3.87. The van der Waals surface area contributed by atoms with Gasteiger partial charge in [0.05, 0.1) is 5.75 Å². The summed E-state index contributed by atoms with van der Waals surface area (Å²) >= 11 is 1.34. The van der Waals surface area contributed by atoms with Crippen molar-refractivity contribution in [3.8, 4) is 11.4 Å². The SMILES string of the molecule is C=CCn1c(SCC(=O)N(C)Cc2ccc(CC)cc2)nnc1-c1ccc(F)cc1. The summed E-state index contributed by atoms with van der Waals surface area (Å²) in [5.74, 6) is 0.578. The van der Waals surface area contributed by atoms with Gasteiger partial charge in [-0.2, -0.15) is 0 Å². The summed E-state index contributed by atoms with van der Waals surface area (Å²) in [5.41, 5.74) is 3.14. The van der Waals surface area contributed by atoms with Crippen molar-refractivity contribution in [3.05, 3.63) is 78.1 Å². The number of benzene rings is 2. The molecule has 0 saturated carbocycles. The van der Waals surface area contributed by atoms with Gasteiger partial charge in [0, 0.05) is 25.7 Å². The summed E-state index contributed by atoms with van der Waals surface area (Å²) in [6.45, 7) is 6.96. The molecule has 0 atom stereocenters. The minimum absolute atomic E-state index is 0.0102. The molecule has 0 bridgehead atoms. The summed E-state index contributed by atoms with van der Waals surface area (Å²) < 4.78 is 15.1. The Morgan fingerprint density at radius 2 is 1.80 bits per heavy atom. The quantitative estimate of drug-likeness (QED) is 0.373. The van der Waals surface area contributed by atoms with Crippen LogP contribution in [0.15, 0.2) is 66.3 Å². The molecule has 0 radical (unpaired) electrons. The van der Waals surface area contributed by atoms with E-state index in [1.165, 1.54) is 29.5 Å². The number of aromatic nitrogens is 3. The molecule has 0 fully saturated rings. The van der Waals surface area contributed by atoms with Gasteiger partial charge in [0.25, 0.3) is 0 Å². The van der Waals surface area contributed by atoms with Gasteiger partial charge in [-0.05, 0) is 41.8 Å². The van der Waals surface area contributed by atoms with Crippen LogP contribution in [-0.2, 0) is 24.3 Å². The molecule has 0 spiro atoms. The van der Waals surface area contributed by atoms with Gasteiger partial charge in [-0.15, -0.1) is 16.8 Å². The fraction of sp³-hybridized carbons (Fsp3) is 0.261. The number of carbonyl (C=O) groups is 1. The van der Waals surface area contributed by atoms with Crippen molar-refractivity contribution >= 4 is 17.7 Å². The lowest BCUT2D eigenvalue weighted by molar-refractivity contribution is -0.127. The van der Waals surface area contributed by atoms with Gasteiger partial charge in [0.1, 0.15) is 5.82 Å². The highest BCUT2D eigenvalue weighted by atomic mass is 32.2. The van der Waals surface area contributed by atoms with Crippen molar-refractivity contribution in [2.45, 2.75) is 31.6 Å². The Kier molecular flexibility index (Phi) is 7.41. The molecule has 0 saturated heterocycles. The number of carbonyl (C=O) groups excluding carboxylic acids is 1. The van der Waals surface area contributed by atoms with Crippen LogP contribution in [0.3, 0.4) is 0 Å². The molecule has 3 aromatic rings. The first kappa shape index (κ1) is 21.8. The second-order valence-electron chi connectivity index (χ2n) is 6.92. The molecule has 30 heavy (non-hydrogen) atoms. The summed E-state index contributed by atoms with van der Waals surface area (Å²) in [6.07, 6.45) is 2.74. The number of thioether (sulfide) groups is 1. The van der Waals surface area contributed by atoms with Crippen LogP contribution in [-0.4, -0.2) is 38.4 Å². The Morgan fingerprint density at radius 1 is 1.13 bits per heavy atom. The smallest absolute Gasteiger partial charge is 0.233 e. The first-order valence-corrected chi connectivity index (χ1v) is 10.7. The van der Waals surface area contributed by atoms with Crippen LogP contribution in [0.25, 0.3) is 11.4 Å². The van der Waals surface area contributed by atoms with Gasteiger partial charge < -0.3 is 4.90 Å². The Bertz CT molecular complexity index is 999. The third-order valence-corrected chi connectivity index (χ3v) is 5.68. The second-order valence-corrected chi connectivity index (χ2v) is 7.86. The molecule has 156 valence electrons. The number of rotatable bonds is 9. The van der Waals surface area contributed by atoms with E-state index in [1.54, 1.807) is 30.2 Å². The third-order valence-electron chi connectivity index (χ3n) is 4.73. The third kappa shape index (κ3) is 5.36. The lowest BCUT2D eigenvalue weighted by Crippen LogP contribution is -2.27. The van der Waals surface area contributed by atoms with E-state index in [-0.39, 0.29) is 17.5 Å². The van der Waals surface area contributed by atoms with Crippen molar-refractivity contribution in [3.63, 3.8) is 0 Å². The lowest BCUT2D eigenvalue weighted by atomic mass is 10.1. The van der Waals surface area contributed by atoms with Crippen LogP contribution < -0.4 is 0 Å². The van der Waals surface area contributed by atoms with Crippen molar-refractivity contribution in [2.24, 2.45) is 0 Å². The van der Waals surface area contributed by atoms with Crippen LogP contribution in [0, 0.1) is 5.82 Å². The van der Waals surface area contributed by atoms with Gasteiger partial charge in [-0.3, -0.25) is 9.36 Å². The van der Waals surface area contributed by atoms with Crippen LogP contribution in [0.1, 0.15) is 18.1 Å². The molecule has 0 aliphatic rings. The van der Waals surface area contributed by atoms with E-state index in [0.717, 1.165) is 17.5 Å². The topological polar surface area (TPSA) is 51.0 Å². The maximum absolute atomic E-state index is 13.2. The van der Waals surface area contributed by atoms with Crippen molar-refractivity contribution in [1.82, 2.24) is 19.7 Å². The standard InChI is InChI=1S/C23H25FN4OS/c1-4-14-28-22(19-10-12-20(24)13-11-19)25-26-23(28)30-16-21(29)27(3)15-18-8-6-17(5-2)7-9-18/h4,6-13H,1,5,14-16H2,2-3H3. The van der Waals surface area contributed by atoms with Crippen LogP contribution in [0.2, 0.25) is 0 Å². The molecular formula is C23H25FN4OS. The molecular weight excluding hydrogens is 399 g/mol. The molecule has 7 heteroatoms. The average Bonchev–Trinajstić information content (AvgIpc) is 3.16. The van der Waals surface area contributed by atoms with Crippen molar-refractivity contribution < 1.29 is 9.18 Å². The minimum Gasteiger partial charge on any atom is -0.341 e. The zero-order valence-electron chi connectivity index (χ0n) is 17.2. The summed E-state index contributed by atoms with van der Waals surface area (Å²) in [6, 6.07) is 14.4. The number of amides is 1. The van der Waals surface area contributed by atoms with E-state index in [2.05, 4.69) is 48.0 Å². The normalized spacial score (nSPS) is 10.8. The Hall–Kier alpha value is -2.93. The van der Waals surface area contributed by atoms with Gasteiger partial charge >= 0.3 is 0 Å². The fourth-order valence-electron chi connectivity index (χ4n) is 2.98. The molecule has 1 heterocycles. The van der Waals surface area contributed by atoms with Gasteiger partial charge in [0.2, 0.25) is 5.91 Å². The molecule has 0 N–H and O–H groups in total. The number of aryl methyl sites for hydroxylation is 1. The highest BCUT2D eigenvalue weighted by Gasteiger charge is 2.16. The van der Waals surface area contributed by atoms with Crippen molar-refractivity contribution in [2.75, 3.05) is 12.8 Å². The molecule has 0 unspecified atom stereocenters. The predicted octanol–water partition coefficient (Wildman–Crippen LogP) is 4.58. The Labute approximate surface area is 180 Å². The lowest BCUT2D eigenvalue weighted by Gasteiger charge is -2.17. The van der Waals surface area contributed by atoms with Crippen LogP contribution in [0.4, 0.5) is 4.39 Å². The van der Waals surface area contributed by atoms with E-state index in [1.807, 2.05) is 4.57 Å². The van der Waals surface area contributed by atoms with Gasteiger partial charge in [0.15, 0.2) is 11.0 Å². The van der Waals surface area contributed by atoms with E-state index in [9.17, 15) is 9.18 Å². The van der Waals surface area contributed by atoms with Gasteiger partial charge in [-0.1, -0.05) is 49.0 Å². The first-order valence-electron chi connectivity index (χ1n) is 9.76. The second kappa shape index (κ2) is 10.2. The van der Waals surface area contributed by atoms with E-state index < -0.39 is 0 Å². The molecule has 5 nitrogen and oxygen atoms in total. The summed E-state index contributed by atoms with van der Waals surface area (Å²) in [4.78, 5) is 14.3. The predicted molar refractivity (Wildman–Crippen MR) is 119 cm³/mol. The zero-order chi connectivity index (χ0) is 21.5. The largest absolute Gasteiger partial charge is 0.341 e. The Balaban J connectivity index is 1.66. The maximum atomic E-state index is 13.2. The minimum atomic E-state index is -0.305. The number of hydrogen-bond donors (Lipinski definition) is 0. The molecule has 1 amide bonds.